The van der Waals surface area contributed by atoms with Gasteiger partial charge in [0.05, 0.1) is 25.0 Å². The van der Waals surface area contributed by atoms with E-state index in [-0.39, 0.29) is 12.5 Å². The van der Waals surface area contributed by atoms with Crippen LogP contribution in [0.2, 0.25) is 0 Å². The third-order valence-electron chi connectivity index (χ3n) is 2.19. The van der Waals surface area contributed by atoms with E-state index in [1.54, 1.807) is 39.4 Å². The lowest BCUT2D eigenvalue weighted by Crippen LogP contribution is -2.28. The Balaban J connectivity index is 2.69. The standard InChI is InChI=1S/C11H17N3O2/c1-14(2)11(15)7-13-10-6-8(16-3)4-5-9(10)12/h4-6,13H,7,12H2,1-3H3. The molecule has 1 aromatic rings. The summed E-state index contributed by atoms with van der Waals surface area (Å²) in [5.41, 5.74) is 7.06. The number of rotatable bonds is 4. The molecule has 0 saturated carbocycles. The Labute approximate surface area is 95.2 Å². The van der Waals surface area contributed by atoms with Crippen LogP contribution in [-0.4, -0.2) is 38.6 Å². The van der Waals surface area contributed by atoms with E-state index in [4.69, 9.17) is 10.5 Å². The first-order valence-corrected chi connectivity index (χ1v) is 4.92. The molecule has 0 atom stereocenters. The molecule has 88 valence electrons. The lowest BCUT2D eigenvalue weighted by atomic mass is 10.2. The summed E-state index contributed by atoms with van der Waals surface area (Å²) in [5, 5.41) is 2.97. The molecule has 0 radical (unpaired) electrons. The monoisotopic (exact) mass is 223 g/mol. The van der Waals surface area contributed by atoms with Crippen LogP contribution in [-0.2, 0) is 4.79 Å². The maximum Gasteiger partial charge on any atom is 0.241 e. The number of nitrogens with zero attached hydrogens (tertiary/aromatic N) is 1. The number of carbonyl (C=O) groups is 1. The second-order valence-electron chi connectivity index (χ2n) is 3.59. The van der Waals surface area contributed by atoms with Gasteiger partial charge in [0.25, 0.3) is 0 Å². The molecule has 0 aromatic heterocycles. The predicted molar refractivity (Wildman–Crippen MR) is 64.6 cm³/mol. The summed E-state index contributed by atoms with van der Waals surface area (Å²) in [6.07, 6.45) is 0. The highest BCUT2D eigenvalue weighted by Gasteiger charge is 2.05. The Hall–Kier alpha value is -1.91. The SMILES string of the molecule is COc1ccc(N)c(NCC(=O)N(C)C)c1. The summed E-state index contributed by atoms with van der Waals surface area (Å²) >= 11 is 0. The fourth-order valence-electron chi connectivity index (χ4n) is 1.14. The Morgan fingerprint density at radius 3 is 2.75 bits per heavy atom. The highest BCUT2D eigenvalue weighted by Crippen LogP contribution is 2.23. The summed E-state index contributed by atoms with van der Waals surface area (Å²) in [6, 6.07) is 5.27. The molecular formula is C11H17N3O2. The normalized spacial score (nSPS) is 9.69. The number of nitrogen functional groups attached to an aromatic ring is 1. The maximum atomic E-state index is 11.4. The summed E-state index contributed by atoms with van der Waals surface area (Å²) in [4.78, 5) is 12.9. The van der Waals surface area contributed by atoms with Crippen molar-refractivity contribution >= 4 is 17.3 Å². The second kappa shape index (κ2) is 5.25. The molecule has 5 heteroatoms. The molecule has 0 heterocycles. The van der Waals surface area contributed by atoms with Gasteiger partial charge >= 0.3 is 0 Å². The summed E-state index contributed by atoms with van der Waals surface area (Å²) in [6.45, 7) is 0.213. The summed E-state index contributed by atoms with van der Waals surface area (Å²) < 4.78 is 5.07. The van der Waals surface area contributed by atoms with Gasteiger partial charge in [-0.05, 0) is 12.1 Å². The van der Waals surface area contributed by atoms with Gasteiger partial charge in [-0.15, -0.1) is 0 Å². The number of methoxy groups -OCH3 is 1. The lowest BCUT2D eigenvalue weighted by Gasteiger charge is -2.13. The third kappa shape index (κ3) is 3.05. The maximum absolute atomic E-state index is 11.4. The molecule has 0 spiro atoms. The van der Waals surface area contributed by atoms with Crippen LogP contribution in [0, 0.1) is 0 Å². The van der Waals surface area contributed by atoms with Gasteiger partial charge in [-0.3, -0.25) is 4.79 Å². The van der Waals surface area contributed by atoms with Crippen molar-refractivity contribution in [2.45, 2.75) is 0 Å². The Kier molecular flexibility index (Phi) is 3.99. The Morgan fingerprint density at radius 1 is 1.50 bits per heavy atom. The van der Waals surface area contributed by atoms with Crippen LogP contribution in [0.3, 0.4) is 0 Å². The number of nitrogens with one attached hydrogen (secondary N) is 1. The fourth-order valence-corrected chi connectivity index (χ4v) is 1.14. The first-order valence-electron chi connectivity index (χ1n) is 4.92. The van der Waals surface area contributed by atoms with Crippen molar-refractivity contribution in [1.82, 2.24) is 4.90 Å². The second-order valence-corrected chi connectivity index (χ2v) is 3.59. The van der Waals surface area contributed by atoms with E-state index in [2.05, 4.69) is 5.32 Å². The number of benzene rings is 1. The van der Waals surface area contributed by atoms with Gasteiger partial charge in [0.2, 0.25) is 5.91 Å². The molecule has 1 amide bonds. The van der Waals surface area contributed by atoms with E-state index in [0.29, 0.717) is 17.1 Å². The topological polar surface area (TPSA) is 67.6 Å². The predicted octanol–water partition coefficient (Wildman–Crippen LogP) is 0.777. The Bertz CT molecular complexity index is 377. The first-order chi connectivity index (χ1) is 7.54. The number of nitrogens with two attached hydrogens (primary N) is 1. The van der Waals surface area contributed by atoms with E-state index in [1.165, 1.54) is 4.90 Å². The third-order valence-corrected chi connectivity index (χ3v) is 2.19. The molecule has 0 bridgehead atoms. The van der Waals surface area contributed by atoms with E-state index in [0.717, 1.165) is 0 Å². The molecule has 0 aliphatic rings. The minimum atomic E-state index is -0.0118. The molecule has 1 aromatic carbocycles. The van der Waals surface area contributed by atoms with Crippen LogP contribution in [0.25, 0.3) is 0 Å². The van der Waals surface area contributed by atoms with Gasteiger partial charge in [0, 0.05) is 20.2 Å². The molecule has 5 nitrogen and oxygen atoms in total. The molecule has 0 fully saturated rings. The van der Waals surface area contributed by atoms with Crippen molar-refractivity contribution in [1.29, 1.82) is 0 Å². The van der Waals surface area contributed by atoms with Crippen molar-refractivity contribution in [3.05, 3.63) is 18.2 Å². The average molecular weight is 223 g/mol. The largest absolute Gasteiger partial charge is 0.497 e. The number of hydrogen-bond acceptors (Lipinski definition) is 4. The van der Waals surface area contributed by atoms with E-state index < -0.39 is 0 Å². The van der Waals surface area contributed by atoms with E-state index in [1.807, 2.05) is 0 Å². The van der Waals surface area contributed by atoms with Crippen molar-refractivity contribution in [3.63, 3.8) is 0 Å². The van der Waals surface area contributed by atoms with E-state index in [9.17, 15) is 4.79 Å². The molecule has 0 aliphatic carbocycles. The van der Waals surface area contributed by atoms with Crippen molar-refractivity contribution in [3.8, 4) is 5.75 Å². The number of carbonyl (C=O) groups excluding carboxylic acids is 1. The molecule has 3 N–H and O–H groups in total. The van der Waals surface area contributed by atoms with Gasteiger partial charge < -0.3 is 20.7 Å². The molecule has 0 aliphatic heterocycles. The van der Waals surface area contributed by atoms with Crippen molar-refractivity contribution < 1.29 is 9.53 Å². The van der Waals surface area contributed by atoms with Crippen LogP contribution in [0.15, 0.2) is 18.2 Å². The molecular weight excluding hydrogens is 206 g/mol. The zero-order chi connectivity index (χ0) is 12.1. The minimum absolute atomic E-state index is 0.0118. The first kappa shape index (κ1) is 12.2. The minimum Gasteiger partial charge on any atom is -0.497 e. The van der Waals surface area contributed by atoms with Crippen LogP contribution in [0.4, 0.5) is 11.4 Å². The van der Waals surface area contributed by atoms with Gasteiger partial charge in [-0.25, -0.2) is 0 Å². The molecule has 0 unspecified atom stereocenters. The number of anilines is 2. The molecule has 16 heavy (non-hydrogen) atoms. The number of amides is 1. The highest BCUT2D eigenvalue weighted by atomic mass is 16.5. The van der Waals surface area contributed by atoms with Crippen LogP contribution in [0.5, 0.6) is 5.75 Å². The van der Waals surface area contributed by atoms with Crippen molar-refractivity contribution in [2.75, 3.05) is 38.8 Å². The smallest absolute Gasteiger partial charge is 0.241 e. The average Bonchev–Trinajstić information content (AvgIpc) is 2.27. The number of ether oxygens (including phenoxy) is 1. The zero-order valence-electron chi connectivity index (χ0n) is 9.78. The summed E-state index contributed by atoms with van der Waals surface area (Å²) in [7, 11) is 5.00. The quantitative estimate of drug-likeness (QED) is 0.740. The lowest BCUT2D eigenvalue weighted by molar-refractivity contribution is -0.126. The van der Waals surface area contributed by atoms with Crippen molar-refractivity contribution in [2.24, 2.45) is 0 Å². The highest BCUT2D eigenvalue weighted by molar-refractivity contribution is 5.82. The van der Waals surface area contributed by atoms with Crippen LogP contribution >= 0.6 is 0 Å². The van der Waals surface area contributed by atoms with Gasteiger partial charge in [-0.1, -0.05) is 0 Å². The van der Waals surface area contributed by atoms with Gasteiger partial charge in [0.15, 0.2) is 0 Å². The molecule has 1 rings (SSSR count). The van der Waals surface area contributed by atoms with Gasteiger partial charge in [-0.2, -0.15) is 0 Å². The number of hydrogen-bond donors (Lipinski definition) is 2. The van der Waals surface area contributed by atoms with Crippen LogP contribution < -0.4 is 15.8 Å². The van der Waals surface area contributed by atoms with Gasteiger partial charge in [0.1, 0.15) is 5.75 Å². The molecule has 0 saturated heterocycles. The zero-order valence-corrected chi connectivity index (χ0v) is 9.78. The Morgan fingerprint density at radius 2 is 2.19 bits per heavy atom. The summed E-state index contributed by atoms with van der Waals surface area (Å²) in [5.74, 6) is 0.691. The van der Waals surface area contributed by atoms with E-state index >= 15 is 0 Å². The number of likely N-dealkylation sites (N-methyl/N-ethyl adjacent to an activating group) is 1. The van der Waals surface area contributed by atoms with Crippen LogP contribution in [0.1, 0.15) is 0 Å². The fraction of sp³-hybridized carbons (Fsp3) is 0.364.